The minimum Gasteiger partial charge on any atom is -1.00 e. The summed E-state index contributed by atoms with van der Waals surface area (Å²) in [6.45, 7) is 5.63. The first-order valence-corrected chi connectivity index (χ1v) is 11.9. The van der Waals surface area contributed by atoms with E-state index in [9.17, 15) is 0 Å². The van der Waals surface area contributed by atoms with E-state index < -0.39 is 0 Å². The van der Waals surface area contributed by atoms with E-state index in [-0.39, 0.29) is 23.1 Å². The first-order chi connectivity index (χ1) is 14.7. The molecule has 0 aliphatic heterocycles. The Hall–Kier alpha value is -1.71. The van der Waals surface area contributed by atoms with Gasteiger partial charge in [0.2, 0.25) is 6.33 Å². The van der Waals surface area contributed by atoms with Crippen LogP contribution in [0.1, 0.15) is 96.5 Å². The van der Waals surface area contributed by atoms with Crippen molar-refractivity contribution in [2.45, 2.75) is 104 Å². The predicted octanol–water partition coefficient (Wildman–Crippen LogP) is 3.45. The average Bonchev–Trinajstić information content (AvgIpc) is 3.24. The Morgan fingerprint density at radius 1 is 0.774 bits per heavy atom. The number of rotatable bonds is 15. The average molecular weight is 494 g/mol. The van der Waals surface area contributed by atoms with Gasteiger partial charge in [-0.1, -0.05) is 90.2 Å². The van der Waals surface area contributed by atoms with E-state index in [0.29, 0.717) is 0 Å². The highest BCUT2D eigenvalue weighted by Crippen LogP contribution is 2.12. The molecule has 0 bridgehead atoms. The lowest BCUT2D eigenvalue weighted by Gasteiger charge is -2.02. The first kappa shape index (κ1) is 29.3. The number of nitrogens with zero attached hydrogens (tertiary/aromatic N) is 2. The van der Waals surface area contributed by atoms with Crippen LogP contribution in [0, 0.1) is 0 Å². The van der Waals surface area contributed by atoms with Gasteiger partial charge in [-0.25, -0.2) is 9.13 Å². The van der Waals surface area contributed by atoms with Gasteiger partial charge in [0, 0.05) is 0 Å². The van der Waals surface area contributed by atoms with E-state index in [1.54, 1.807) is 0 Å². The van der Waals surface area contributed by atoms with Gasteiger partial charge < -0.3 is 17.0 Å². The van der Waals surface area contributed by atoms with Crippen molar-refractivity contribution < 1.29 is 31.1 Å². The third kappa shape index (κ3) is 14.1. The summed E-state index contributed by atoms with van der Waals surface area (Å²) in [5.74, 6) is 0. The summed E-state index contributed by atoms with van der Waals surface area (Å²) < 4.78 is 4.55. The largest absolute Gasteiger partial charge is 1.00 e. The normalized spacial score (nSPS) is 10.0. The number of aromatic nitrogens is 2. The maximum atomic E-state index is 8.12. The monoisotopic (exact) mass is 492 g/mol. The molecule has 31 heavy (non-hydrogen) atoms. The lowest BCUT2D eigenvalue weighted by atomic mass is 10.1. The minimum atomic E-state index is 0. The quantitative estimate of drug-likeness (QED) is 0.282. The van der Waals surface area contributed by atoms with E-state index in [2.05, 4.69) is 66.0 Å². The molecule has 1 aromatic heterocycles. The third-order valence-corrected chi connectivity index (χ3v) is 5.60. The molecule has 0 N–H and O–H groups in total. The second-order valence-electron chi connectivity index (χ2n) is 8.05. The number of hydrogen-bond donors (Lipinski definition) is 0. The molecule has 174 valence electrons. The molecule has 0 saturated heterocycles. The van der Waals surface area contributed by atoms with Crippen molar-refractivity contribution in [2.24, 2.45) is 0 Å². The molecule has 0 atom stereocenters. The zero-order valence-electron chi connectivity index (χ0n) is 19.5. The van der Waals surface area contributed by atoms with Crippen LogP contribution in [0.15, 0.2) is 43.0 Å². The fourth-order valence-corrected chi connectivity index (χ4v) is 3.72. The van der Waals surface area contributed by atoms with Gasteiger partial charge >= 0.3 is 6.15 Å². The predicted molar refractivity (Wildman–Crippen MR) is 121 cm³/mol. The lowest BCUT2D eigenvalue weighted by molar-refractivity contribution is -0.696. The molecule has 4 nitrogen and oxygen atoms in total. The Labute approximate surface area is 199 Å². The van der Waals surface area contributed by atoms with E-state index in [0.717, 1.165) is 13.0 Å². The minimum absolute atomic E-state index is 0. The van der Waals surface area contributed by atoms with Gasteiger partial charge in [0.25, 0.3) is 0 Å². The molecular weight excluding hydrogens is 452 g/mol. The topological polar surface area (TPSA) is 43.0 Å². The van der Waals surface area contributed by atoms with Crippen LogP contribution in [0.4, 0.5) is 0 Å². The molecule has 0 aliphatic rings. The van der Waals surface area contributed by atoms with Crippen LogP contribution < -0.4 is 21.5 Å². The maximum Gasteiger partial charge on any atom is 0.373 e. The molecule has 0 fully saturated rings. The van der Waals surface area contributed by atoms with E-state index in [1.807, 2.05) is 0 Å². The van der Waals surface area contributed by atoms with Crippen molar-refractivity contribution in [1.29, 1.82) is 0 Å². The highest BCUT2D eigenvalue weighted by molar-refractivity contribution is 5.34. The van der Waals surface area contributed by atoms with Crippen molar-refractivity contribution in [1.82, 2.24) is 4.57 Å². The SMILES string of the molecule is CCCCCCCCCCCCCC[n+]1ccn(-c2ccc(CC)cc2)c1.O=C=O.[Br-]. The van der Waals surface area contributed by atoms with Crippen LogP contribution in [-0.2, 0) is 22.6 Å². The molecule has 1 heterocycles. The zero-order valence-corrected chi connectivity index (χ0v) is 21.1. The number of aryl methyl sites for hydroxylation is 2. The molecular formula is C26H41BrN2O2. The van der Waals surface area contributed by atoms with E-state index in [1.165, 1.54) is 88.3 Å². The number of imidazole rings is 1. The number of benzene rings is 1. The third-order valence-electron chi connectivity index (χ3n) is 5.60. The standard InChI is InChI=1S/C25H41N2.CO2.BrH/c1-3-5-6-7-8-9-10-11-12-13-14-15-20-26-21-22-27(23-26)25-18-16-24(4-2)17-19-25;2-1-3;/h16-19,21-23H,3-15,20H2,1-2H3;;1H/q+1;;/p-1. The fourth-order valence-electron chi connectivity index (χ4n) is 3.72. The second-order valence-corrected chi connectivity index (χ2v) is 8.05. The van der Waals surface area contributed by atoms with E-state index in [4.69, 9.17) is 9.59 Å². The van der Waals surface area contributed by atoms with Crippen LogP contribution in [0.25, 0.3) is 5.69 Å². The van der Waals surface area contributed by atoms with Crippen LogP contribution in [0.5, 0.6) is 0 Å². The molecule has 2 aromatic rings. The number of unbranched alkanes of at least 4 members (excludes halogenated alkanes) is 11. The van der Waals surface area contributed by atoms with E-state index >= 15 is 0 Å². The molecule has 0 unspecified atom stereocenters. The smallest absolute Gasteiger partial charge is 0.373 e. The molecule has 5 heteroatoms. The van der Waals surface area contributed by atoms with Gasteiger partial charge in [-0.05, 0) is 37.0 Å². The van der Waals surface area contributed by atoms with Crippen molar-refractivity contribution in [2.75, 3.05) is 0 Å². The lowest BCUT2D eigenvalue weighted by Crippen LogP contribution is -3.00. The Morgan fingerprint density at radius 2 is 1.26 bits per heavy atom. The van der Waals surface area contributed by atoms with Gasteiger partial charge in [0.1, 0.15) is 18.1 Å². The number of hydrogen-bond acceptors (Lipinski definition) is 2. The van der Waals surface area contributed by atoms with Crippen LogP contribution >= 0.6 is 0 Å². The molecule has 1 aromatic carbocycles. The molecule has 0 radical (unpaired) electrons. The maximum absolute atomic E-state index is 8.12. The molecule has 0 saturated carbocycles. The van der Waals surface area contributed by atoms with Gasteiger partial charge in [-0.3, -0.25) is 0 Å². The van der Waals surface area contributed by atoms with Crippen molar-refractivity contribution in [3.05, 3.63) is 48.5 Å². The Bertz CT molecular complexity index is 692. The molecule has 0 spiro atoms. The van der Waals surface area contributed by atoms with Gasteiger partial charge in [-0.2, -0.15) is 9.59 Å². The highest BCUT2D eigenvalue weighted by atomic mass is 79.9. The Balaban J connectivity index is 0.00000212. The zero-order chi connectivity index (χ0) is 21.9. The molecule has 2 rings (SSSR count). The summed E-state index contributed by atoms with van der Waals surface area (Å²) in [6.07, 6.45) is 24.9. The van der Waals surface area contributed by atoms with Crippen LogP contribution in [-0.4, -0.2) is 10.7 Å². The molecule has 0 aliphatic carbocycles. The Morgan fingerprint density at radius 3 is 1.74 bits per heavy atom. The van der Waals surface area contributed by atoms with Crippen molar-refractivity contribution in [3.63, 3.8) is 0 Å². The summed E-state index contributed by atoms with van der Waals surface area (Å²) in [6, 6.07) is 8.88. The van der Waals surface area contributed by atoms with Crippen LogP contribution in [0.3, 0.4) is 0 Å². The summed E-state index contributed by atoms with van der Waals surface area (Å²) in [5, 5.41) is 0. The molecule has 0 amide bonds. The van der Waals surface area contributed by atoms with Gasteiger partial charge in [0.05, 0.1) is 6.54 Å². The highest BCUT2D eigenvalue weighted by Gasteiger charge is 2.06. The number of carbonyl (C=O) groups excluding carboxylic acids is 2. The summed E-state index contributed by atoms with van der Waals surface area (Å²) in [5.41, 5.74) is 2.65. The second kappa shape index (κ2) is 20.2. The van der Waals surface area contributed by atoms with Crippen LogP contribution in [0.2, 0.25) is 0 Å². The van der Waals surface area contributed by atoms with Gasteiger partial charge in [-0.15, -0.1) is 0 Å². The van der Waals surface area contributed by atoms with Gasteiger partial charge in [0.15, 0.2) is 0 Å². The number of halogens is 1. The summed E-state index contributed by atoms with van der Waals surface area (Å²) >= 11 is 0. The Kier molecular flexibility index (Phi) is 19.1. The fraction of sp³-hybridized carbons (Fsp3) is 0.615. The first-order valence-electron chi connectivity index (χ1n) is 11.9. The summed E-state index contributed by atoms with van der Waals surface area (Å²) in [7, 11) is 0. The van der Waals surface area contributed by atoms with Crippen molar-refractivity contribution >= 4 is 6.15 Å². The summed E-state index contributed by atoms with van der Waals surface area (Å²) in [4.78, 5) is 16.2. The van der Waals surface area contributed by atoms with Crippen molar-refractivity contribution in [3.8, 4) is 5.69 Å².